The molecule has 37 heavy (non-hydrogen) atoms. The van der Waals surface area contributed by atoms with Crippen LogP contribution < -0.4 is 0 Å². The number of aromatic amines is 1. The van der Waals surface area contributed by atoms with Gasteiger partial charge in [0.25, 0.3) is 0 Å². The molecule has 2 N–H and O–H groups in total. The molecule has 0 radical (unpaired) electrons. The zero-order valence-electron chi connectivity index (χ0n) is 19.1. The summed E-state index contributed by atoms with van der Waals surface area (Å²) in [5, 5.41) is 15.2. The number of urea groups is 1. The number of ether oxygens (including phenoxy) is 1. The van der Waals surface area contributed by atoms with Gasteiger partial charge in [-0.05, 0) is 25.0 Å². The molecule has 2 saturated heterocycles. The van der Waals surface area contributed by atoms with Gasteiger partial charge in [0.05, 0.1) is 31.4 Å². The van der Waals surface area contributed by atoms with E-state index in [4.69, 9.17) is 4.74 Å². The van der Waals surface area contributed by atoms with Gasteiger partial charge in [-0.15, -0.1) is 0 Å². The highest BCUT2D eigenvalue weighted by atomic mass is 19.4. The van der Waals surface area contributed by atoms with Gasteiger partial charge in [0.1, 0.15) is 11.6 Å². The largest absolute Gasteiger partial charge is 0.421 e. The monoisotopic (exact) mass is 537 g/mol. The fraction of sp³-hybridized carbons (Fsp3) is 0.591. The zero-order chi connectivity index (χ0) is 26.8. The van der Waals surface area contributed by atoms with Gasteiger partial charge in [-0.1, -0.05) is 6.07 Å². The lowest BCUT2D eigenvalue weighted by molar-refractivity contribution is -0.209. The minimum absolute atomic E-state index is 0.00575. The maximum absolute atomic E-state index is 13.9. The van der Waals surface area contributed by atoms with Gasteiger partial charge in [-0.2, -0.15) is 31.4 Å². The first-order valence-electron chi connectivity index (χ1n) is 11.4. The molecular weight excluding hydrogens is 515 g/mol. The summed E-state index contributed by atoms with van der Waals surface area (Å²) in [5.41, 5.74) is -1.21. The second-order valence-corrected chi connectivity index (χ2v) is 9.91. The Balaban J connectivity index is 1.03. The number of amides is 2. The summed E-state index contributed by atoms with van der Waals surface area (Å²) in [5.74, 6) is -1.58. The number of alkyl halides is 6. The molecule has 3 heterocycles. The molecule has 2 amide bonds. The standard InChI is InChI=1S/C22H22F7N5O3/c23-15-3-13(21(24,25)26)2-1-11(15)8-37-14-6-33(7-14)19(36)34-9-20(10-34)4-12(5-20)17-30-18(32-31-17)16(35)22(27,28)29/h1-3,12,14,16,35H,4-10H2,(H,30,31,32)/t16-/m0/s1. The van der Waals surface area contributed by atoms with E-state index >= 15 is 0 Å². The van der Waals surface area contributed by atoms with Gasteiger partial charge < -0.3 is 19.6 Å². The Morgan fingerprint density at radius 2 is 1.84 bits per heavy atom. The predicted octanol–water partition coefficient (Wildman–Crippen LogP) is 3.76. The molecule has 1 saturated carbocycles. The van der Waals surface area contributed by atoms with E-state index in [0.29, 0.717) is 32.0 Å². The Labute approximate surface area is 205 Å². The van der Waals surface area contributed by atoms with Crippen molar-refractivity contribution in [3.63, 3.8) is 0 Å². The van der Waals surface area contributed by atoms with Gasteiger partial charge in [0.2, 0.25) is 6.10 Å². The Morgan fingerprint density at radius 3 is 2.43 bits per heavy atom. The van der Waals surface area contributed by atoms with Crippen molar-refractivity contribution in [2.75, 3.05) is 26.2 Å². The van der Waals surface area contributed by atoms with E-state index in [-0.39, 0.29) is 54.6 Å². The van der Waals surface area contributed by atoms with Crippen molar-refractivity contribution < 1.29 is 45.4 Å². The number of rotatable bonds is 5. The highest BCUT2D eigenvalue weighted by Crippen LogP contribution is 2.55. The van der Waals surface area contributed by atoms with Crippen LogP contribution in [0.1, 0.15) is 47.6 Å². The van der Waals surface area contributed by atoms with Crippen molar-refractivity contribution in [2.24, 2.45) is 5.41 Å². The Hall–Kier alpha value is -2.94. The Kier molecular flexibility index (Phi) is 6.13. The SMILES string of the molecule is O=C(N1CC(OCc2ccc(C(F)(F)F)cc2F)C1)N1CC2(CC(c3nc([C@H](O)C(F)(F)F)n[nH]3)C2)C1. The summed E-state index contributed by atoms with van der Waals surface area (Å²) in [4.78, 5) is 19.6. The van der Waals surface area contributed by atoms with E-state index in [9.17, 15) is 40.6 Å². The van der Waals surface area contributed by atoms with Crippen molar-refractivity contribution in [3.05, 3.63) is 46.8 Å². The first-order chi connectivity index (χ1) is 17.2. The molecule has 1 aromatic carbocycles. The summed E-state index contributed by atoms with van der Waals surface area (Å²) >= 11 is 0. The topological polar surface area (TPSA) is 94.6 Å². The summed E-state index contributed by atoms with van der Waals surface area (Å²) in [6.45, 7) is 1.32. The highest BCUT2D eigenvalue weighted by molar-refractivity contribution is 5.76. The van der Waals surface area contributed by atoms with Crippen molar-refractivity contribution in [3.8, 4) is 0 Å². The number of nitrogens with zero attached hydrogens (tertiary/aromatic N) is 4. The fourth-order valence-corrected chi connectivity index (χ4v) is 5.02. The quantitative estimate of drug-likeness (QED) is 0.567. The minimum Gasteiger partial charge on any atom is -0.377 e. The molecule has 1 aliphatic carbocycles. The van der Waals surface area contributed by atoms with Gasteiger partial charge in [-0.3, -0.25) is 5.10 Å². The molecule has 2 aliphatic heterocycles. The number of carbonyl (C=O) groups is 1. The maximum atomic E-state index is 13.9. The molecular formula is C22H22F7N5O3. The number of aliphatic hydroxyl groups is 1. The van der Waals surface area contributed by atoms with Crippen molar-refractivity contribution in [1.82, 2.24) is 25.0 Å². The molecule has 8 nitrogen and oxygen atoms in total. The average molecular weight is 537 g/mol. The van der Waals surface area contributed by atoms with Crippen molar-refractivity contribution >= 4 is 6.03 Å². The van der Waals surface area contributed by atoms with Gasteiger partial charge >= 0.3 is 18.4 Å². The van der Waals surface area contributed by atoms with E-state index in [1.165, 1.54) is 0 Å². The number of halogens is 7. The number of hydrogen-bond acceptors (Lipinski definition) is 5. The summed E-state index contributed by atoms with van der Waals surface area (Å²) in [6.07, 6.45) is -11.3. The van der Waals surface area contributed by atoms with Crippen molar-refractivity contribution in [1.29, 1.82) is 0 Å². The van der Waals surface area contributed by atoms with E-state index in [2.05, 4.69) is 15.2 Å². The number of nitrogens with one attached hydrogen (secondary N) is 1. The Bertz CT molecular complexity index is 1160. The van der Waals surface area contributed by atoms with Crippen LogP contribution in [0.4, 0.5) is 35.5 Å². The van der Waals surface area contributed by atoms with E-state index in [1.807, 2.05) is 0 Å². The first kappa shape index (κ1) is 25.7. The normalized spacial score (nSPS) is 21.0. The maximum Gasteiger partial charge on any atom is 0.421 e. The molecule has 3 fully saturated rings. The lowest BCUT2D eigenvalue weighted by Crippen LogP contribution is -2.68. The predicted molar refractivity (Wildman–Crippen MR) is 110 cm³/mol. The van der Waals surface area contributed by atoms with Crippen LogP contribution in [-0.4, -0.2) is 74.6 Å². The molecule has 1 aromatic heterocycles. The molecule has 202 valence electrons. The minimum atomic E-state index is -4.85. The molecule has 1 spiro atoms. The van der Waals surface area contributed by atoms with Crippen LogP contribution in [0.5, 0.6) is 0 Å². The summed E-state index contributed by atoms with van der Waals surface area (Å²) in [6, 6.07) is 2.05. The van der Waals surface area contributed by atoms with Crippen LogP contribution >= 0.6 is 0 Å². The number of likely N-dealkylation sites (tertiary alicyclic amines) is 2. The number of aliphatic hydroxyl groups excluding tert-OH is 1. The summed E-state index contributed by atoms with van der Waals surface area (Å²) < 4.78 is 95.2. The molecule has 0 unspecified atom stereocenters. The average Bonchev–Trinajstić information content (AvgIpc) is 3.19. The van der Waals surface area contributed by atoms with Crippen molar-refractivity contribution in [2.45, 2.75) is 49.9 Å². The molecule has 0 bridgehead atoms. The molecule has 5 rings (SSSR count). The van der Waals surface area contributed by atoms with Crippen LogP contribution in [0.3, 0.4) is 0 Å². The van der Waals surface area contributed by atoms with Gasteiger partial charge in [0.15, 0.2) is 5.82 Å². The third-order valence-corrected chi connectivity index (χ3v) is 7.12. The first-order valence-corrected chi connectivity index (χ1v) is 11.4. The number of benzene rings is 1. The third-order valence-electron chi connectivity index (χ3n) is 7.12. The summed E-state index contributed by atoms with van der Waals surface area (Å²) in [7, 11) is 0. The highest BCUT2D eigenvalue weighted by Gasteiger charge is 2.56. The molecule has 15 heteroatoms. The second-order valence-electron chi connectivity index (χ2n) is 9.91. The number of hydrogen-bond donors (Lipinski definition) is 2. The number of carbonyl (C=O) groups excluding carboxylic acids is 1. The van der Waals surface area contributed by atoms with Crippen LogP contribution in [0.25, 0.3) is 0 Å². The van der Waals surface area contributed by atoms with E-state index in [1.54, 1.807) is 9.80 Å². The lowest BCUT2D eigenvalue weighted by atomic mass is 9.57. The van der Waals surface area contributed by atoms with E-state index in [0.717, 1.165) is 12.1 Å². The van der Waals surface area contributed by atoms with Crippen LogP contribution in [-0.2, 0) is 17.5 Å². The van der Waals surface area contributed by atoms with Gasteiger partial charge in [0, 0.05) is 30.0 Å². The zero-order valence-corrected chi connectivity index (χ0v) is 19.1. The second kappa shape index (κ2) is 8.82. The number of aromatic nitrogens is 3. The number of H-pyrrole nitrogens is 1. The fourth-order valence-electron chi connectivity index (χ4n) is 5.02. The van der Waals surface area contributed by atoms with Gasteiger partial charge in [-0.25, -0.2) is 14.2 Å². The van der Waals surface area contributed by atoms with E-state index < -0.39 is 35.7 Å². The molecule has 3 aliphatic rings. The van der Waals surface area contributed by atoms with Crippen LogP contribution in [0.15, 0.2) is 18.2 Å². The molecule has 1 atom stereocenters. The Morgan fingerprint density at radius 1 is 1.16 bits per heavy atom. The lowest BCUT2D eigenvalue weighted by Gasteiger charge is -2.59. The van der Waals surface area contributed by atoms with Crippen LogP contribution in [0, 0.1) is 11.2 Å². The van der Waals surface area contributed by atoms with Crippen LogP contribution in [0.2, 0.25) is 0 Å². The molecule has 2 aromatic rings. The smallest absolute Gasteiger partial charge is 0.377 e. The third kappa shape index (κ3) is 4.98.